The van der Waals surface area contributed by atoms with Crippen molar-refractivity contribution in [3.8, 4) is 5.75 Å². The van der Waals surface area contributed by atoms with Gasteiger partial charge in [-0.15, -0.1) is 0 Å². The van der Waals surface area contributed by atoms with E-state index in [0.29, 0.717) is 6.54 Å². The fourth-order valence-corrected chi connectivity index (χ4v) is 2.56. The average molecular weight is 277 g/mol. The molecule has 0 aliphatic heterocycles. The Kier molecular flexibility index (Phi) is 4.33. The number of carbonyl (C=O) groups excluding carboxylic acids is 1. The number of nitrogens with zero attached hydrogens (tertiary/aromatic N) is 1. The molecule has 0 aromatic heterocycles. The van der Waals surface area contributed by atoms with E-state index >= 15 is 0 Å². The molecule has 1 aromatic rings. The largest absolute Gasteiger partial charge is 0.484 e. The first-order valence-electron chi connectivity index (χ1n) is 7.06. The van der Waals surface area contributed by atoms with Crippen LogP contribution in [0.1, 0.15) is 31.4 Å². The third-order valence-corrected chi connectivity index (χ3v) is 3.48. The van der Waals surface area contributed by atoms with Gasteiger partial charge in [0.1, 0.15) is 5.75 Å². The molecular weight excluding hydrogens is 254 g/mol. The second-order valence-electron chi connectivity index (χ2n) is 6.13. The monoisotopic (exact) mass is 277 g/mol. The van der Waals surface area contributed by atoms with Crippen molar-refractivity contribution in [3.05, 3.63) is 29.3 Å². The van der Waals surface area contributed by atoms with Gasteiger partial charge >= 0.3 is 0 Å². The maximum Gasteiger partial charge on any atom is 0.260 e. The summed E-state index contributed by atoms with van der Waals surface area (Å²) in [6, 6.07) is 6.04. The van der Waals surface area contributed by atoms with Crippen LogP contribution in [0, 0.1) is 0 Å². The quantitative estimate of drug-likeness (QED) is 0.892. The van der Waals surface area contributed by atoms with Gasteiger partial charge in [0.25, 0.3) is 5.91 Å². The smallest absolute Gasteiger partial charge is 0.260 e. The summed E-state index contributed by atoms with van der Waals surface area (Å²) >= 11 is 0. The summed E-state index contributed by atoms with van der Waals surface area (Å²) in [6.07, 6.45) is 3.44. The van der Waals surface area contributed by atoms with Crippen molar-refractivity contribution in [1.82, 2.24) is 4.90 Å². The SMILES string of the molecule is CN(CC(C)(C)O)C(=O)COc1ccc2c(c1)CCC2. The first-order valence-corrected chi connectivity index (χ1v) is 7.06. The highest BCUT2D eigenvalue weighted by Crippen LogP contribution is 2.25. The molecule has 4 heteroatoms. The Bertz CT molecular complexity index is 491. The molecule has 1 aromatic carbocycles. The van der Waals surface area contributed by atoms with E-state index in [4.69, 9.17) is 4.74 Å². The highest BCUT2D eigenvalue weighted by atomic mass is 16.5. The molecule has 1 aliphatic carbocycles. The molecule has 110 valence electrons. The van der Waals surface area contributed by atoms with Crippen LogP contribution in [0.4, 0.5) is 0 Å². The molecule has 20 heavy (non-hydrogen) atoms. The van der Waals surface area contributed by atoms with Crippen LogP contribution in [0.25, 0.3) is 0 Å². The van der Waals surface area contributed by atoms with Crippen LogP contribution in [0.3, 0.4) is 0 Å². The molecule has 1 amide bonds. The summed E-state index contributed by atoms with van der Waals surface area (Å²) in [6.45, 7) is 3.65. The standard InChI is InChI=1S/C16H23NO3/c1-16(2,19)11-17(3)15(18)10-20-14-8-7-12-5-4-6-13(12)9-14/h7-9,19H,4-6,10-11H2,1-3H3. The number of likely N-dealkylation sites (N-methyl/N-ethyl adjacent to an activating group) is 1. The van der Waals surface area contributed by atoms with Gasteiger partial charge in [0.2, 0.25) is 0 Å². The molecule has 1 N–H and O–H groups in total. The summed E-state index contributed by atoms with van der Waals surface area (Å²) < 4.78 is 5.56. The Morgan fingerprint density at radius 2 is 2.05 bits per heavy atom. The Labute approximate surface area is 120 Å². The van der Waals surface area contributed by atoms with E-state index in [9.17, 15) is 9.90 Å². The third kappa shape index (κ3) is 3.97. The molecule has 0 fully saturated rings. The fourth-order valence-electron chi connectivity index (χ4n) is 2.56. The first-order chi connectivity index (χ1) is 9.35. The Balaban J connectivity index is 1.87. The van der Waals surface area contributed by atoms with Crippen molar-refractivity contribution in [2.75, 3.05) is 20.2 Å². The van der Waals surface area contributed by atoms with E-state index in [1.54, 1.807) is 20.9 Å². The van der Waals surface area contributed by atoms with Gasteiger partial charge in [0.05, 0.1) is 5.60 Å². The summed E-state index contributed by atoms with van der Waals surface area (Å²) in [5.41, 5.74) is 1.83. The van der Waals surface area contributed by atoms with E-state index in [-0.39, 0.29) is 12.5 Å². The van der Waals surface area contributed by atoms with Crippen molar-refractivity contribution in [3.63, 3.8) is 0 Å². The van der Waals surface area contributed by atoms with Crippen LogP contribution in [0.15, 0.2) is 18.2 Å². The predicted octanol–water partition coefficient (Wildman–Crippen LogP) is 1.78. The summed E-state index contributed by atoms with van der Waals surface area (Å²) in [5, 5.41) is 9.69. The highest BCUT2D eigenvalue weighted by Gasteiger charge is 2.19. The van der Waals surface area contributed by atoms with Crippen molar-refractivity contribution in [2.45, 2.75) is 38.7 Å². The molecule has 0 atom stereocenters. The zero-order valence-corrected chi connectivity index (χ0v) is 12.5. The van der Waals surface area contributed by atoms with Crippen molar-refractivity contribution < 1.29 is 14.6 Å². The summed E-state index contributed by atoms with van der Waals surface area (Å²) in [7, 11) is 1.67. The molecule has 0 heterocycles. The van der Waals surface area contributed by atoms with Crippen LogP contribution in [0.5, 0.6) is 5.75 Å². The number of fused-ring (bicyclic) bond motifs is 1. The first kappa shape index (κ1) is 14.9. The molecule has 0 unspecified atom stereocenters. The van der Waals surface area contributed by atoms with Gasteiger partial charge in [-0.05, 0) is 56.4 Å². The predicted molar refractivity (Wildman–Crippen MR) is 77.9 cm³/mol. The van der Waals surface area contributed by atoms with E-state index in [2.05, 4.69) is 6.07 Å². The number of hydrogen-bond acceptors (Lipinski definition) is 3. The number of benzene rings is 1. The Hall–Kier alpha value is -1.55. The van der Waals surface area contributed by atoms with Crippen LogP contribution in [-0.4, -0.2) is 41.7 Å². The van der Waals surface area contributed by atoms with Crippen LogP contribution in [-0.2, 0) is 17.6 Å². The van der Waals surface area contributed by atoms with Crippen LogP contribution in [0.2, 0.25) is 0 Å². The maximum absolute atomic E-state index is 11.9. The zero-order valence-electron chi connectivity index (χ0n) is 12.5. The maximum atomic E-state index is 11.9. The second-order valence-corrected chi connectivity index (χ2v) is 6.13. The van der Waals surface area contributed by atoms with E-state index in [1.165, 1.54) is 22.4 Å². The van der Waals surface area contributed by atoms with Gasteiger partial charge in [0.15, 0.2) is 6.61 Å². The van der Waals surface area contributed by atoms with Crippen molar-refractivity contribution in [2.24, 2.45) is 0 Å². The number of ether oxygens (including phenoxy) is 1. The van der Waals surface area contributed by atoms with Crippen molar-refractivity contribution >= 4 is 5.91 Å². The molecule has 0 saturated heterocycles. The number of aliphatic hydroxyl groups is 1. The number of carbonyl (C=O) groups is 1. The number of rotatable bonds is 5. The molecular formula is C16H23NO3. The minimum absolute atomic E-state index is 0.00532. The highest BCUT2D eigenvalue weighted by molar-refractivity contribution is 5.77. The van der Waals surface area contributed by atoms with Gasteiger partial charge < -0.3 is 14.7 Å². The Morgan fingerprint density at radius 3 is 2.75 bits per heavy atom. The lowest BCUT2D eigenvalue weighted by Gasteiger charge is -2.25. The second kappa shape index (κ2) is 5.83. The van der Waals surface area contributed by atoms with Crippen LogP contribution < -0.4 is 4.74 Å². The summed E-state index contributed by atoms with van der Waals surface area (Å²) in [4.78, 5) is 13.4. The lowest BCUT2D eigenvalue weighted by Crippen LogP contribution is -2.41. The number of amides is 1. The molecule has 0 spiro atoms. The van der Waals surface area contributed by atoms with Crippen LogP contribution >= 0.6 is 0 Å². The molecule has 1 aliphatic rings. The lowest BCUT2D eigenvalue weighted by molar-refractivity contribution is -0.134. The van der Waals surface area contributed by atoms with E-state index in [1.807, 2.05) is 12.1 Å². The van der Waals surface area contributed by atoms with Gasteiger partial charge in [-0.3, -0.25) is 4.79 Å². The normalized spacial score (nSPS) is 14.0. The minimum atomic E-state index is -0.891. The lowest BCUT2D eigenvalue weighted by atomic mass is 10.1. The third-order valence-electron chi connectivity index (χ3n) is 3.48. The molecule has 4 nitrogen and oxygen atoms in total. The van der Waals surface area contributed by atoms with E-state index < -0.39 is 5.60 Å². The van der Waals surface area contributed by atoms with E-state index in [0.717, 1.165) is 18.6 Å². The zero-order chi connectivity index (χ0) is 14.8. The summed E-state index contributed by atoms with van der Waals surface area (Å²) in [5.74, 6) is 0.614. The minimum Gasteiger partial charge on any atom is -0.484 e. The number of hydrogen-bond donors (Lipinski definition) is 1. The van der Waals surface area contributed by atoms with Gasteiger partial charge in [-0.2, -0.15) is 0 Å². The fraction of sp³-hybridized carbons (Fsp3) is 0.562. The molecule has 0 radical (unpaired) electrons. The molecule has 0 bridgehead atoms. The number of aryl methyl sites for hydroxylation is 2. The topological polar surface area (TPSA) is 49.8 Å². The molecule has 0 saturated carbocycles. The van der Waals surface area contributed by atoms with Gasteiger partial charge in [0, 0.05) is 13.6 Å². The van der Waals surface area contributed by atoms with Crippen molar-refractivity contribution in [1.29, 1.82) is 0 Å². The Morgan fingerprint density at radius 1 is 1.35 bits per heavy atom. The van der Waals surface area contributed by atoms with Gasteiger partial charge in [-0.1, -0.05) is 6.07 Å². The van der Waals surface area contributed by atoms with Gasteiger partial charge in [-0.25, -0.2) is 0 Å². The average Bonchev–Trinajstić information content (AvgIpc) is 2.81. The molecule has 2 rings (SSSR count).